The first-order valence-corrected chi connectivity index (χ1v) is 9.82. The summed E-state index contributed by atoms with van der Waals surface area (Å²) in [6, 6.07) is 10.3. The Morgan fingerprint density at radius 3 is 2.64 bits per heavy atom. The minimum absolute atomic E-state index is 0.0791. The number of halogens is 1. The van der Waals surface area contributed by atoms with Gasteiger partial charge in [-0.2, -0.15) is 9.61 Å². The van der Waals surface area contributed by atoms with E-state index in [2.05, 4.69) is 15.0 Å². The summed E-state index contributed by atoms with van der Waals surface area (Å²) in [4.78, 5) is 9.84. The molecule has 1 N–H and O–H groups in total. The third kappa shape index (κ3) is 2.83. The minimum Gasteiger partial charge on any atom is -0.492 e. The molecule has 0 radical (unpaired) electrons. The van der Waals surface area contributed by atoms with Crippen molar-refractivity contribution in [2.24, 2.45) is 0 Å². The maximum Gasteiger partial charge on any atom is 0.230 e. The molecular formula is C19H18FN5O2S. The molecule has 28 heavy (non-hydrogen) atoms. The predicted molar refractivity (Wildman–Crippen MR) is 103 cm³/mol. The smallest absolute Gasteiger partial charge is 0.230 e. The fourth-order valence-electron chi connectivity index (χ4n) is 3.72. The Balaban J connectivity index is 1.44. The number of rotatable bonds is 4. The Kier molecular flexibility index (Phi) is 4.25. The summed E-state index contributed by atoms with van der Waals surface area (Å²) < 4.78 is 21.3. The van der Waals surface area contributed by atoms with Crippen molar-refractivity contribution < 1.29 is 13.9 Å². The Morgan fingerprint density at radius 1 is 1.11 bits per heavy atom. The zero-order valence-corrected chi connectivity index (χ0v) is 15.7. The van der Waals surface area contributed by atoms with Gasteiger partial charge in [0.05, 0.1) is 16.8 Å². The molecule has 144 valence electrons. The first kappa shape index (κ1) is 17.2. The van der Waals surface area contributed by atoms with Gasteiger partial charge in [0.2, 0.25) is 10.8 Å². The Bertz CT molecular complexity index is 1090. The first-order valence-electron chi connectivity index (χ1n) is 9.00. The van der Waals surface area contributed by atoms with Crippen LogP contribution in [0.1, 0.15) is 16.7 Å². The van der Waals surface area contributed by atoms with Crippen molar-refractivity contribution in [3.8, 4) is 5.88 Å². The number of piperazine rings is 1. The molecule has 1 saturated heterocycles. The number of fused-ring (bicyclic) bond motifs is 1. The summed E-state index contributed by atoms with van der Waals surface area (Å²) in [5, 5.41) is 14.8. The molecule has 0 unspecified atom stereocenters. The van der Waals surface area contributed by atoms with E-state index in [1.165, 1.54) is 28.2 Å². The lowest BCUT2D eigenvalue weighted by Gasteiger charge is -2.39. The molecule has 5 rings (SSSR count). The molecular weight excluding hydrogens is 381 g/mol. The predicted octanol–water partition coefficient (Wildman–Crippen LogP) is 3.14. The van der Waals surface area contributed by atoms with Crippen molar-refractivity contribution in [3.63, 3.8) is 0 Å². The molecule has 1 aliphatic heterocycles. The van der Waals surface area contributed by atoms with Gasteiger partial charge in [-0.25, -0.2) is 9.37 Å². The van der Waals surface area contributed by atoms with Crippen molar-refractivity contribution in [1.82, 2.24) is 19.5 Å². The van der Waals surface area contributed by atoms with Crippen molar-refractivity contribution >= 4 is 22.0 Å². The van der Waals surface area contributed by atoms with Gasteiger partial charge in [-0.3, -0.25) is 4.90 Å². The number of hydrogen-bond acceptors (Lipinski definition) is 7. The minimum atomic E-state index is -0.244. The van der Waals surface area contributed by atoms with Crippen LogP contribution in [0, 0.1) is 5.82 Å². The Hall–Kier alpha value is -2.91. The van der Waals surface area contributed by atoms with E-state index >= 15 is 0 Å². The molecule has 1 aromatic carbocycles. The molecule has 1 fully saturated rings. The van der Waals surface area contributed by atoms with Crippen LogP contribution in [-0.2, 0) is 0 Å². The SMILES string of the molecule is Oc1c([C@@H](c2ccco2)N2CCN(c3ccccc3F)CC2)sc2ncnn12. The fourth-order valence-corrected chi connectivity index (χ4v) is 4.79. The van der Waals surface area contributed by atoms with Crippen LogP contribution in [0.5, 0.6) is 5.88 Å². The monoisotopic (exact) mass is 399 g/mol. The summed E-state index contributed by atoms with van der Waals surface area (Å²) in [6.45, 7) is 2.76. The molecule has 7 nitrogen and oxygen atoms in total. The second kappa shape index (κ2) is 6.92. The lowest BCUT2D eigenvalue weighted by molar-refractivity contribution is 0.190. The van der Waals surface area contributed by atoms with Gasteiger partial charge in [-0.15, -0.1) is 0 Å². The molecule has 0 aliphatic carbocycles. The average Bonchev–Trinajstić information content (AvgIpc) is 3.45. The number of thiazole rings is 1. The summed E-state index contributed by atoms with van der Waals surface area (Å²) in [5.41, 5.74) is 0.623. The zero-order valence-electron chi connectivity index (χ0n) is 14.9. The van der Waals surface area contributed by atoms with E-state index in [0.29, 0.717) is 36.8 Å². The third-order valence-electron chi connectivity index (χ3n) is 5.07. The van der Waals surface area contributed by atoms with E-state index in [4.69, 9.17) is 4.42 Å². The molecule has 0 amide bonds. The Morgan fingerprint density at radius 2 is 1.93 bits per heavy atom. The summed E-state index contributed by atoms with van der Waals surface area (Å²) in [6.07, 6.45) is 3.05. The highest BCUT2D eigenvalue weighted by Gasteiger charge is 2.33. The van der Waals surface area contributed by atoms with Crippen LogP contribution in [0.4, 0.5) is 10.1 Å². The Labute approximate surface area is 164 Å². The molecule has 3 aromatic heterocycles. The summed E-state index contributed by atoms with van der Waals surface area (Å²) >= 11 is 1.39. The molecule has 0 saturated carbocycles. The van der Waals surface area contributed by atoms with Crippen LogP contribution in [0.25, 0.3) is 4.96 Å². The molecule has 0 bridgehead atoms. The van der Waals surface area contributed by atoms with Crippen LogP contribution in [0.3, 0.4) is 0 Å². The van der Waals surface area contributed by atoms with Gasteiger partial charge in [0.1, 0.15) is 23.9 Å². The van der Waals surface area contributed by atoms with Crippen LogP contribution < -0.4 is 4.90 Å². The largest absolute Gasteiger partial charge is 0.492 e. The lowest BCUT2D eigenvalue weighted by Crippen LogP contribution is -2.48. The molecule has 4 heterocycles. The number of hydrogen-bond donors (Lipinski definition) is 1. The second-order valence-electron chi connectivity index (χ2n) is 6.64. The van der Waals surface area contributed by atoms with Gasteiger partial charge in [0.25, 0.3) is 0 Å². The van der Waals surface area contributed by atoms with Crippen molar-refractivity contribution in [3.05, 3.63) is 65.4 Å². The number of para-hydroxylation sites is 1. The van der Waals surface area contributed by atoms with Gasteiger partial charge >= 0.3 is 0 Å². The number of benzene rings is 1. The number of furan rings is 1. The van der Waals surface area contributed by atoms with Crippen molar-refractivity contribution in [1.29, 1.82) is 0 Å². The summed E-state index contributed by atoms with van der Waals surface area (Å²) in [5.74, 6) is 0.622. The lowest BCUT2D eigenvalue weighted by atomic mass is 10.1. The van der Waals surface area contributed by atoms with Crippen molar-refractivity contribution in [2.45, 2.75) is 6.04 Å². The number of nitrogens with zero attached hydrogens (tertiary/aromatic N) is 5. The van der Waals surface area contributed by atoms with Crippen LogP contribution in [-0.4, -0.2) is 50.8 Å². The van der Waals surface area contributed by atoms with E-state index in [1.807, 2.05) is 23.1 Å². The number of anilines is 1. The van der Waals surface area contributed by atoms with Gasteiger partial charge in [-0.1, -0.05) is 23.5 Å². The van der Waals surface area contributed by atoms with E-state index in [9.17, 15) is 9.50 Å². The van der Waals surface area contributed by atoms with E-state index in [0.717, 1.165) is 10.6 Å². The van der Waals surface area contributed by atoms with Gasteiger partial charge < -0.3 is 14.4 Å². The molecule has 4 aromatic rings. The quantitative estimate of drug-likeness (QED) is 0.569. The van der Waals surface area contributed by atoms with E-state index < -0.39 is 0 Å². The normalized spacial score (nSPS) is 16.7. The van der Waals surface area contributed by atoms with Gasteiger partial charge in [-0.05, 0) is 24.3 Å². The molecule has 0 spiro atoms. The highest BCUT2D eigenvalue weighted by Crippen LogP contribution is 2.40. The topological polar surface area (TPSA) is 70.0 Å². The highest BCUT2D eigenvalue weighted by molar-refractivity contribution is 7.17. The van der Waals surface area contributed by atoms with Gasteiger partial charge in [0, 0.05) is 26.2 Å². The van der Waals surface area contributed by atoms with Crippen molar-refractivity contribution in [2.75, 3.05) is 31.1 Å². The number of aromatic hydroxyl groups is 1. The maximum absolute atomic E-state index is 14.1. The third-order valence-corrected chi connectivity index (χ3v) is 6.16. The van der Waals surface area contributed by atoms with Crippen LogP contribution >= 0.6 is 11.3 Å². The average molecular weight is 399 g/mol. The van der Waals surface area contributed by atoms with E-state index in [-0.39, 0.29) is 17.7 Å². The number of aromatic nitrogens is 3. The van der Waals surface area contributed by atoms with E-state index in [1.54, 1.807) is 18.4 Å². The molecule has 9 heteroatoms. The highest BCUT2D eigenvalue weighted by atomic mass is 32.1. The fraction of sp³-hybridized carbons (Fsp3) is 0.263. The molecule has 1 aliphatic rings. The second-order valence-corrected chi connectivity index (χ2v) is 7.65. The maximum atomic E-state index is 14.1. The van der Waals surface area contributed by atoms with Gasteiger partial charge in [0.15, 0.2) is 0 Å². The zero-order chi connectivity index (χ0) is 19.1. The summed E-state index contributed by atoms with van der Waals surface area (Å²) in [7, 11) is 0. The van der Waals surface area contributed by atoms with Crippen LogP contribution in [0.15, 0.2) is 53.4 Å². The van der Waals surface area contributed by atoms with Crippen LogP contribution in [0.2, 0.25) is 0 Å². The molecule has 1 atom stereocenters. The first-order chi connectivity index (χ1) is 13.7. The standard InChI is InChI=1S/C19H18FN5O2S/c20-13-4-1-2-5-14(13)23-7-9-24(10-8-23)16(15-6-3-11-27-15)17-18(26)25-19(28-17)21-12-22-25/h1-6,11-12,16,26H,7-10H2/t16-/m1/s1.